The molecule has 0 radical (unpaired) electrons. The number of rotatable bonds is 5. The van der Waals surface area contributed by atoms with Crippen molar-refractivity contribution in [3.05, 3.63) is 53.1 Å². The van der Waals surface area contributed by atoms with Crippen LogP contribution in [-0.2, 0) is 13.1 Å². The highest BCUT2D eigenvalue weighted by Gasteiger charge is 2.06. The maximum absolute atomic E-state index is 5.71. The van der Waals surface area contributed by atoms with Gasteiger partial charge in [0.15, 0.2) is 5.15 Å². The molecule has 94 valence electrons. The Morgan fingerprint density at radius 1 is 1.06 bits per heavy atom. The van der Waals surface area contributed by atoms with Crippen molar-refractivity contribution in [2.75, 3.05) is 6.54 Å². The van der Waals surface area contributed by atoms with Crippen molar-refractivity contribution in [3.63, 3.8) is 0 Å². The molecule has 0 aliphatic carbocycles. The summed E-state index contributed by atoms with van der Waals surface area (Å²) in [4.78, 5) is 6.57. The molecule has 2 rings (SSSR count). The van der Waals surface area contributed by atoms with Crippen LogP contribution in [0.15, 0.2) is 36.5 Å². The van der Waals surface area contributed by atoms with Gasteiger partial charge in [0, 0.05) is 19.3 Å². The smallest absolute Gasteiger partial charge is 0.151 e. The van der Waals surface area contributed by atoms with Gasteiger partial charge in [0.1, 0.15) is 0 Å². The minimum absolute atomic E-state index is 0.423. The van der Waals surface area contributed by atoms with E-state index in [1.165, 1.54) is 0 Å². The molecule has 0 N–H and O–H groups in total. The fourth-order valence-electron chi connectivity index (χ4n) is 1.66. The minimum atomic E-state index is 0.423. The van der Waals surface area contributed by atoms with Crippen LogP contribution in [0.4, 0.5) is 0 Å². The summed E-state index contributed by atoms with van der Waals surface area (Å²) < 4.78 is 0. The first-order chi connectivity index (χ1) is 8.78. The van der Waals surface area contributed by atoms with Crippen LogP contribution in [0.2, 0.25) is 5.15 Å². The number of nitrogens with zero attached hydrogens (tertiary/aromatic N) is 4. The van der Waals surface area contributed by atoms with Gasteiger partial charge in [-0.1, -0.05) is 24.6 Å². The van der Waals surface area contributed by atoms with Gasteiger partial charge in [-0.05, 0) is 30.8 Å². The lowest BCUT2D eigenvalue weighted by atomic mass is 10.3. The largest absolute Gasteiger partial charge is 0.292 e. The molecule has 0 unspecified atom stereocenters. The highest BCUT2D eigenvalue weighted by Crippen LogP contribution is 2.07. The van der Waals surface area contributed by atoms with Crippen LogP contribution < -0.4 is 0 Å². The van der Waals surface area contributed by atoms with E-state index < -0.39 is 0 Å². The molecule has 0 saturated carbocycles. The SMILES string of the molecule is CCN(Cc1ccccn1)Cc1ccc(Cl)nn1. The van der Waals surface area contributed by atoms with Crippen molar-refractivity contribution in [2.45, 2.75) is 20.0 Å². The zero-order valence-corrected chi connectivity index (χ0v) is 11.0. The van der Waals surface area contributed by atoms with Crippen molar-refractivity contribution in [3.8, 4) is 0 Å². The Morgan fingerprint density at radius 2 is 1.89 bits per heavy atom. The Labute approximate surface area is 112 Å². The fraction of sp³-hybridized carbons (Fsp3) is 0.308. The summed E-state index contributed by atoms with van der Waals surface area (Å²) in [5.74, 6) is 0. The second kappa shape index (κ2) is 6.42. The van der Waals surface area contributed by atoms with E-state index in [9.17, 15) is 0 Å². The van der Waals surface area contributed by atoms with Crippen LogP contribution in [0.5, 0.6) is 0 Å². The molecule has 0 saturated heterocycles. The predicted octanol–water partition coefficient (Wildman–Crippen LogP) is 2.55. The maximum atomic E-state index is 5.71. The lowest BCUT2D eigenvalue weighted by Crippen LogP contribution is -2.23. The molecule has 0 atom stereocenters. The van der Waals surface area contributed by atoms with Crippen LogP contribution in [0, 0.1) is 0 Å². The molecule has 0 spiro atoms. The van der Waals surface area contributed by atoms with Crippen LogP contribution in [0.25, 0.3) is 0 Å². The summed E-state index contributed by atoms with van der Waals surface area (Å²) in [6.45, 7) is 4.60. The molecule has 4 nitrogen and oxygen atoms in total. The van der Waals surface area contributed by atoms with Crippen molar-refractivity contribution in [1.82, 2.24) is 20.1 Å². The topological polar surface area (TPSA) is 41.9 Å². The van der Waals surface area contributed by atoms with Crippen molar-refractivity contribution >= 4 is 11.6 Å². The van der Waals surface area contributed by atoms with Gasteiger partial charge in [0.2, 0.25) is 0 Å². The van der Waals surface area contributed by atoms with Crippen molar-refractivity contribution in [1.29, 1.82) is 0 Å². The molecule has 2 heterocycles. The third-order valence-electron chi connectivity index (χ3n) is 2.63. The first-order valence-corrected chi connectivity index (χ1v) is 6.26. The highest BCUT2D eigenvalue weighted by molar-refractivity contribution is 6.29. The maximum Gasteiger partial charge on any atom is 0.151 e. The molecule has 0 aromatic carbocycles. The van der Waals surface area contributed by atoms with E-state index in [1.807, 2.05) is 30.5 Å². The van der Waals surface area contributed by atoms with E-state index in [0.29, 0.717) is 5.15 Å². The lowest BCUT2D eigenvalue weighted by molar-refractivity contribution is 0.264. The normalized spacial score (nSPS) is 10.8. The zero-order valence-electron chi connectivity index (χ0n) is 10.3. The van der Waals surface area contributed by atoms with Gasteiger partial charge < -0.3 is 0 Å². The van der Waals surface area contributed by atoms with Gasteiger partial charge in [-0.15, -0.1) is 5.10 Å². The van der Waals surface area contributed by atoms with E-state index in [0.717, 1.165) is 31.0 Å². The summed E-state index contributed by atoms with van der Waals surface area (Å²) in [5.41, 5.74) is 1.97. The summed E-state index contributed by atoms with van der Waals surface area (Å²) in [7, 11) is 0. The van der Waals surface area contributed by atoms with Gasteiger partial charge in [-0.3, -0.25) is 9.88 Å². The molecule has 0 aliphatic heterocycles. The van der Waals surface area contributed by atoms with Crippen LogP contribution in [0.3, 0.4) is 0 Å². The quantitative estimate of drug-likeness (QED) is 0.831. The van der Waals surface area contributed by atoms with Gasteiger partial charge in [-0.2, -0.15) is 5.10 Å². The lowest BCUT2D eigenvalue weighted by Gasteiger charge is -2.19. The van der Waals surface area contributed by atoms with Crippen molar-refractivity contribution in [2.24, 2.45) is 0 Å². The molecule has 0 bridgehead atoms. The second-order valence-corrected chi connectivity index (χ2v) is 4.36. The Kier molecular flexibility index (Phi) is 4.61. The number of hydrogen-bond acceptors (Lipinski definition) is 4. The van der Waals surface area contributed by atoms with E-state index >= 15 is 0 Å². The van der Waals surface area contributed by atoms with Crippen LogP contribution in [0.1, 0.15) is 18.3 Å². The number of pyridine rings is 1. The summed E-state index contributed by atoms with van der Waals surface area (Å²) >= 11 is 5.71. The van der Waals surface area contributed by atoms with Gasteiger partial charge in [-0.25, -0.2) is 0 Å². The number of halogens is 1. The average molecular weight is 263 g/mol. The summed E-state index contributed by atoms with van der Waals surface area (Å²) in [6.07, 6.45) is 1.81. The highest BCUT2D eigenvalue weighted by atomic mass is 35.5. The summed E-state index contributed by atoms with van der Waals surface area (Å²) in [5, 5.41) is 8.33. The molecule has 5 heteroatoms. The number of hydrogen-bond donors (Lipinski definition) is 0. The Morgan fingerprint density at radius 3 is 2.50 bits per heavy atom. The van der Waals surface area contributed by atoms with Gasteiger partial charge in [0.25, 0.3) is 0 Å². The molecule has 0 fully saturated rings. The fourth-order valence-corrected chi connectivity index (χ4v) is 1.76. The average Bonchev–Trinajstić information content (AvgIpc) is 2.41. The molecule has 2 aromatic rings. The summed E-state index contributed by atoms with van der Waals surface area (Å²) in [6, 6.07) is 9.60. The van der Waals surface area contributed by atoms with Gasteiger partial charge in [0.05, 0.1) is 11.4 Å². The van der Waals surface area contributed by atoms with Crippen LogP contribution >= 0.6 is 11.6 Å². The minimum Gasteiger partial charge on any atom is -0.292 e. The van der Waals surface area contributed by atoms with E-state index in [1.54, 1.807) is 6.07 Å². The standard InChI is InChI=1S/C13H15ClN4/c1-2-18(9-11-5-3-4-8-15-11)10-12-6-7-13(14)17-16-12/h3-8H,2,9-10H2,1H3. The van der Waals surface area contributed by atoms with E-state index in [4.69, 9.17) is 11.6 Å². The Bertz CT molecular complexity index is 472. The monoisotopic (exact) mass is 262 g/mol. The molecule has 2 aromatic heterocycles. The molecular weight excluding hydrogens is 248 g/mol. The predicted molar refractivity (Wildman–Crippen MR) is 71.1 cm³/mol. The third kappa shape index (κ3) is 3.75. The van der Waals surface area contributed by atoms with Crippen LogP contribution in [-0.4, -0.2) is 26.6 Å². The molecular formula is C13H15ClN4. The first kappa shape index (κ1) is 12.9. The first-order valence-electron chi connectivity index (χ1n) is 5.88. The third-order valence-corrected chi connectivity index (χ3v) is 2.83. The second-order valence-electron chi connectivity index (χ2n) is 3.97. The Hall–Kier alpha value is -1.52. The Balaban J connectivity index is 1.99. The van der Waals surface area contributed by atoms with E-state index in [2.05, 4.69) is 27.0 Å². The van der Waals surface area contributed by atoms with Crippen molar-refractivity contribution < 1.29 is 0 Å². The number of aromatic nitrogens is 3. The molecule has 18 heavy (non-hydrogen) atoms. The molecule has 0 amide bonds. The van der Waals surface area contributed by atoms with E-state index in [-0.39, 0.29) is 0 Å². The zero-order chi connectivity index (χ0) is 12.8. The van der Waals surface area contributed by atoms with Gasteiger partial charge >= 0.3 is 0 Å². The molecule has 0 aliphatic rings.